The zero-order valence-corrected chi connectivity index (χ0v) is 15.2. The fourth-order valence-corrected chi connectivity index (χ4v) is 3.25. The third-order valence-electron chi connectivity index (χ3n) is 4.17. The maximum absolute atomic E-state index is 14.0. The summed E-state index contributed by atoms with van der Waals surface area (Å²) in [6.07, 6.45) is -0.932. The van der Waals surface area contributed by atoms with Crippen LogP contribution in [0, 0.1) is 13.8 Å². The van der Waals surface area contributed by atoms with Crippen molar-refractivity contribution in [1.82, 2.24) is 19.9 Å². The van der Waals surface area contributed by atoms with Crippen LogP contribution in [0.25, 0.3) is 11.0 Å². The van der Waals surface area contributed by atoms with Gasteiger partial charge in [-0.25, -0.2) is 9.37 Å². The Morgan fingerprint density at radius 2 is 1.96 bits per heavy atom. The Labute approximate surface area is 143 Å². The van der Waals surface area contributed by atoms with Crippen molar-refractivity contribution in [2.45, 2.75) is 26.1 Å². The van der Waals surface area contributed by atoms with Crippen LogP contribution in [0.2, 0.25) is 0 Å². The van der Waals surface area contributed by atoms with Crippen molar-refractivity contribution >= 4 is 38.7 Å². The van der Waals surface area contributed by atoms with Gasteiger partial charge in [-0.15, -0.1) is 0 Å². The number of likely N-dealkylation sites (tertiary alicyclic amines) is 1. The summed E-state index contributed by atoms with van der Waals surface area (Å²) in [5, 5.41) is 7.07. The van der Waals surface area contributed by atoms with Crippen LogP contribution in [-0.4, -0.2) is 59.3 Å². The van der Waals surface area contributed by atoms with Gasteiger partial charge in [-0.2, -0.15) is 9.97 Å². The van der Waals surface area contributed by atoms with Crippen molar-refractivity contribution in [3.8, 4) is 0 Å². The summed E-state index contributed by atoms with van der Waals surface area (Å²) in [5.41, 5.74) is 2.50. The summed E-state index contributed by atoms with van der Waals surface area (Å²) in [4.78, 5) is 15.5. The molecule has 2 N–H and O–H groups in total. The van der Waals surface area contributed by atoms with E-state index in [-0.39, 0.29) is 6.04 Å². The summed E-state index contributed by atoms with van der Waals surface area (Å²) < 4.78 is 15.0. The molecule has 1 fully saturated rings. The quantitative estimate of drug-likeness (QED) is 0.849. The van der Waals surface area contributed by atoms with Crippen molar-refractivity contribution < 1.29 is 4.39 Å². The number of nitrogens with zero attached hydrogens (tertiary/aromatic N) is 4. The van der Waals surface area contributed by atoms with Crippen molar-refractivity contribution in [3.63, 3.8) is 0 Å². The molecule has 124 valence electrons. The number of rotatable bonds is 3. The molecule has 0 aliphatic carbocycles. The minimum absolute atomic E-state index is 0.306. The molecule has 2 atom stereocenters. The van der Waals surface area contributed by atoms with Gasteiger partial charge in [0.2, 0.25) is 5.95 Å². The number of alkyl halides is 1. The highest BCUT2D eigenvalue weighted by atomic mass is 79.9. The lowest BCUT2D eigenvalue weighted by molar-refractivity contribution is 0.314. The number of nitrogens with one attached hydrogen (secondary N) is 2. The molecule has 2 unspecified atom stereocenters. The second-order valence-electron chi connectivity index (χ2n) is 5.97. The van der Waals surface area contributed by atoms with E-state index in [1.54, 1.807) is 7.05 Å². The van der Waals surface area contributed by atoms with Gasteiger partial charge >= 0.3 is 0 Å². The number of aryl methyl sites for hydroxylation is 2. The Kier molecular flexibility index (Phi) is 4.37. The molecule has 0 radical (unpaired) electrons. The fourth-order valence-electron chi connectivity index (χ4n) is 2.96. The van der Waals surface area contributed by atoms with Crippen molar-refractivity contribution in [2.24, 2.45) is 0 Å². The van der Waals surface area contributed by atoms with Crippen LogP contribution in [0.15, 0.2) is 4.47 Å². The smallest absolute Gasteiger partial charge is 0.227 e. The molecule has 1 aliphatic rings. The molecule has 3 heterocycles. The standard InChI is InChI=1S/C15H20BrFN6/c1-7-11-13(18-3)21-15(20-10-6-23(4)5-9(10)17)22-14(11)19-8(2)12(7)16/h9-10H,5-6H2,1-4H3,(H2,18,19,20,21,22). The number of hydrogen-bond acceptors (Lipinski definition) is 6. The van der Waals surface area contributed by atoms with Crippen LogP contribution in [0.5, 0.6) is 0 Å². The number of anilines is 2. The molecule has 1 aliphatic heterocycles. The number of pyridine rings is 1. The second kappa shape index (κ2) is 6.16. The van der Waals surface area contributed by atoms with Gasteiger partial charge in [0.1, 0.15) is 12.0 Å². The maximum Gasteiger partial charge on any atom is 0.227 e. The van der Waals surface area contributed by atoms with Crippen LogP contribution < -0.4 is 10.6 Å². The minimum Gasteiger partial charge on any atom is -0.372 e. The average Bonchev–Trinajstić information content (AvgIpc) is 2.81. The van der Waals surface area contributed by atoms with Gasteiger partial charge in [0, 0.05) is 24.6 Å². The Morgan fingerprint density at radius 1 is 1.22 bits per heavy atom. The van der Waals surface area contributed by atoms with Gasteiger partial charge in [-0.05, 0) is 42.4 Å². The van der Waals surface area contributed by atoms with E-state index in [1.807, 2.05) is 25.8 Å². The highest BCUT2D eigenvalue weighted by Gasteiger charge is 2.31. The first-order chi connectivity index (χ1) is 10.9. The SMILES string of the molecule is CNc1nc(NC2CN(C)CC2F)nc2nc(C)c(Br)c(C)c12. The first kappa shape index (κ1) is 16.3. The van der Waals surface area contributed by atoms with E-state index in [1.165, 1.54) is 0 Å². The molecule has 0 saturated carbocycles. The summed E-state index contributed by atoms with van der Waals surface area (Å²) in [5.74, 6) is 1.09. The third kappa shape index (κ3) is 2.97. The Morgan fingerprint density at radius 3 is 2.57 bits per heavy atom. The van der Waals surface area contributed by atoms with Crippen LogP contribution >= 0.6 is 15.9 Å². The molecule has 0 spiro atoms. The van der Waals surface area contributed by atoms with Crippen LogP contribution in [0.1, 0.15) is 11.3 Å². The highest BCUT2D eigenvalue weighted by Crippen LogP contribution is 2.31. The normalized spacial score (nSPS) is 21.8. The molecule has 0 bridgehead atoms. The number of halogens is 2. The van der Waals surface area contributed by atoms with Gasteiger partial charge in [-0.3, -0.25) is 0 Å². The number of aromatic nitrogens is 3. The lowest BCUT2D eigenvalue weighted by Crippen LogP contribution is -2.30. The minimum atomic E-state index is -0.932. The molecule has 6 nitrogen and oxygen atoms in total. The highest BCUT2D eigenvalue weighted by molar-refractivity contribution is 9.10. The largest absolute Gasteiger partial charge is 0.372 e. The third-order valence-corrected chi connectivity index (χ3v) is 5.34. The van der Waals surface area contributed by atoms with E-state index in [9.17, 15) is 4.39 Å². The molecule has 23 heavy (non-hydrogen) atoms. The average molecular weight is 383 g/mol. The Hall–Kier alpha value is -1.54. The summed E-state index contributed by atoms with van der Waals surface area (Å²) in [6.45, 7) is 4.98. The molecule has 2 aromatic rings. The van der Waals surface area contributed by atoms with Gasteiger partial charge in [0.05, 0.1) is 17.1 Å². The molecule has 0 amide bonds. The van der Waals surface area contributed by atoms with Crippen LogP contribution in [0.3, 0.4) is 0 Å². The first-order valence-electron chi connectivity index (χ1n) is 7.52. The van der Waals surface area contributed by atoms with Gasteiger partial charge in [0.15, 0.2) is 5.65 Å². The zero-order chi connectivity index (χ0) is 16.7. The maximum atomic E-state index is 14.0. The summed E-state index contributed by atoms with van der Waals surface area (Å²) >= 11 is 3.55. The molecular weight excluding hydrogens is 363 g/mol. The van der Waals surface area contributed by atoms with E-state index in [0.29, 0.717) is 30.5 Å². The van der Waals surface area contributed by atoms with E-state index in [2.05, 4.69) is 41.5 Å². The van der Waals surface area contributed by atoms with E-state index >= 15 is 0 Å². The van der Waals surface area contributed by atoms with Gasteiger partial charge in [-0.1, -0.05) is 0 Å². The first-order valence-corrected chi connectivity index (χ1v) is 8.31. The zero-order valence-electron chi connectivity index (χ0n) is 13.6. The van der Waals surface area contributed by atoms with Crippen LogP contribution in [-0.2, 0) is 0 Å². The molecular formula is C15H20BrFN6. The summed E-state index contributed by atoms with van der Waals surface area (Å²) in [6, 6.07) is -0.306. The Balaban J connectivity index is 2.04. The van der Waals surface area contributed by atoms with Crippen molar-refractivity contribution in [3.05, 3.63) is 15.7 Å². The topological polar surface area (TPSA) is 66.0 Å². The monoisotopic (exact) mass is 382 g/mol. The lowest BCUT2D eigenvalue weighted by atomic mass is 10.1. The van der Waals surface area contributed by atoms with Gasteiger partial charge < -0.3 is 15.5 Å². The molecule has 8 heteroatoms. The fraction of sp³-hybridized carbons (Fsp3) is 0.533. The lowest BCUT2D eigenvalue weighted by Gasteiger charge is -2.17. The second-order valence-corrected chi connectivity index (χ2v) is 6.76. The van der Waals surface area contributed by atoms with E-state index in [4.69, 9.17) is 0 Å². The number of likely N-dealkylation sites (N-methyl/N-ethyl adjacent to an activating group) is 1. The van der Waals surface area contributed by atoms with E-state index < -0.39 is 6.17 Å². The predicted octanol–water partition coefficient (Wildman–Crippen LogP) is 2.51. The molecule has 1 saturated heterocycles. The van der Waals surface area contributed by atoms with Gasteiger partial charge in [0.25, 0.3) is 0 Å². The summed E-state index contributed by atoms with van der Waals surface area (Å²) in [7, 11) is 3.71. The number of hydrogen-bond donors (Lipinski definition) is 2. The van der Waals surface area contributed by atoms with Crippen LogP contribution in [0.4, 0.5) is 16.2 Å². The molecule has 3 rings (SSSR count). The Bertz CT molecular complexity index is 753. The predicted molar refractivity (Wildman–Crippen MR) is 93.9 cm³/mol. The van der Waals surface area contributed by atoms with E-state index in [0.717, 1.165) is 21.1 Å². The number of fused-ring (bicyclic) bond motifs is 1. The molecule has 0 aromatic carbocycles. The molecule has 2 aromatic heterocycles. The van der Waals surface area contributed by atoms with Crippen molar-refractivity contribution in [2.75, 3.05) is 37.8 Å². The van der Waals surface area contributed by atoms with Crippen molar-refractivity contribution in [1.29, 1.82) is 0 Å².